The molecule has 2 rings (SSSR count). The van der Waals surface area contributed by atoms with Crippen LogP contribution in [0.3, 0.4) is 0 Å². The number of halogens is 1. The minimum absolute atomic E-state index is 0.222. The fourth-order valence-corrected chi connectivity index (χ4v) is 1.05. The first kappa shape index (κ1) is 6.34. The van der Waals surface area contributed by atoms with Gasteiger partial charge in [0.1, 0.15) is 5.82 Å². The fraction of sp³-hybridized carbons (Fsp3) is 0.125. The lowest BCUT2D eigenvalue weighted by Gasteiger charge is -1.93. The van der Waals surface area contributed by atoms with Gasteiger partial charge in [0.15, 0.2) is 5.58 Å². The van der Waals surface area contributed by atoms with Crippen molar-refractivity contribution in [3.05, 3.63) is 29.7 Å². The second-order valence-electron chi connectivity index (χ2n) is 2.41. The first-order valence-corrected chi connectivity index (χ1v) is 3.28. The molecule has 0 N–H and O–H groups in total. The smallest absolute Gasteiger partial charge is 0.167 e. The molecule has 0 fully saturated rings. The van der Waals surface area contributed by atoms with Crippen LogP contribution in [-0.2, 0) is 0 Å². The van der Waals surface area contributed by atoms with Crippen LogP contribution in [0.1, 0.15) is 5.56 Å². The maximum atomic E-state index is 12.9. The van der Waals surface area contributed by atoms with Crippen LogP contribution in [0.4, 0.5) is 4.39 Å². The van der Waals surface area contributed by atoms with Gasteiger partial charge in [0.05, 0.1) is 6.20 Å². The zero-order valence-corrected chi connectivity index (χ0v) is 5.97. The lowest BCUT2D eigenvalue weighted by molar-refractivity contribution is 0.456. The lowest BCUT2D eigenvalue weighted by atomic mass is 10.1. The number of nitrogens with zero attached hydrogens (tertiary/aromatic N) is 1. The molecule has 1 heterocycles. The molecular weight excluding hydrogens is 145 g/mol. The van der Waals surface area contributed by atoms with Gasteiger partial charge >= 0.3 is 0 Å². The molecule has 0 saturated carbocycles. The quantitative estimate of drug-likeness (QED) is 0.577. The second-order valence-corrected chi connectivity index (χ2v) is 2.41. The van der Waals surface area contributed by atoms with Crippen molar-refractivity contribution in [1.82, 2.24) is 5.16 Å². The average Bonchev–Trinajstić information content (AvgIpc) is 2.45. The van der Waals surface area contributed by atoms with E-state index in [1.807, 2.05) is 0 Å². The van der Waals surface area contributed by atoms with E-state index < -0.39 is 0 Å². The Hall–Kier alpha value is -1.38. The molecular formula is C8H6FNO. The molecule has 0 unspecified atom stereocenters. The van der Waals surface area contributed by atoms with Crippen molar-refractivity contribution in [2.75, 3.05) is 0 Å². The Morgan fingerprint density at radius 2 is 2.27 bits per heavy atom. The molecule has 0 aliphatic carbocycles. The summed E-state index contributed by atoms with van der Waals surface area (Å²) in [7, 11) is 0. The number of hydrogen-bond acceptors (Lipinski definition) is 2. The largest absolute Gasteiger partial charge is 0.356 e. The molecule has 0 atom stereocenters. The van der Waals surface area contributed by atoms with E-state index in [2.05, 4.69) is 5.16 Å². The predicted molar refractivity (Wildman–Crippen MR) is 38.7 cm³/mol. The molecule has 0 radical (unpaired) electrons. The van der Waals surface area contributed by atoms with Gasteiger partial charge in [0, 0.05) is 5.39 Å². The molecule has 0 saturated heterocycles. The summed E-state index contributed by atoms with van der Waals surface area (Å²) in [6, 6.07) is 2.95. The van der Waals surface area contributed by atoms with Gasteiger partial charge in [-0.1, -0.05) is 5.16 Å². The average molecular weight is 151 g/mol. The van der Waals surface area contributed by atoms with Crippen LogP contribution in [-0.4, -0.2) is 5.16 Å². The summed E-state index contributed by atoms with van der Waals surface area (Å²) < 4.78 is 17.7. The third-order valence-corrected chi connectivity index (χ3v) is 1.74. The van der Waals surface area contributed by atoms with Crippen LogP contribution in [0, 0.1) is 12.7 Å². The topological polar surface area (TPSA) is 26.0 Å². The maximum Gasteiger partial charge on any atom is 0.167 e. The fourth-order valence-electron chi connectivity index (χ4n) is 1.05. The highest BCUT2D eigenvalue weighted by molar-refractivity contribution is 5.79. The van der Waals surface area contributed by atoms with E-state index in [0.717, 1.165) is 5.39 Å². The Morgan fingerprint density at radius 1 is 1.45 bits per heavy atom. The Balaban J connectivity index is 2.93. The molecule has 0 bridgehead atoms. The Morgan fingerprint density at radius 3 is 3.09 bits per heavy atom. The van der Waals surface area contributed by atoms with Gasteiger partial charge in [-0.15, -0.1) is 0 Å². The molecule has 0 aliphatic rings. The summed E-state index contributed by atoms with van der Waals surface area (Å²) >= 11 is 0. The number of rotatable bonds is 0. The highest BCUT2D eigenvalue weighted by Gasteiger charge is 2.04. The zero-order chi connectivity index (χ0) is 7.84. The third-order valence-electron chi connectivity index (χ3n) is 1.74. The Labute approximate surface area is 62.6 Å². The van der Waals surface area contributed by atoms with Gasteiger partial charge in [-0.25, -0.2) is 4.39 Å². The minimum Gasteiger partial charge on any atom is -0.356 e. The summed E-state index contributed by atoms with van der Waals surface area (Å²) in [5, 5.41) is 4.30. The van der Waals surface area contributed by atoms with Crippen molar-refractivity contribution in [3.63, 3.8) is 0 Å². The summed E-state index contributed by atoms with van der Waals surface area (Å²) in [5.74, 6) is -0.222. The number of hydrogen-bond donors (Lipinski definition) is 0. The highest BCUT2D eigenvalue weighted by atomic mass is 19.1. The van der Waals surface area contributed by atoms with E-state index in [0.29, 0.717) is 11.1 Å². The Bertz CT molecular complexity index is 394. The molecule has 56 valence electrons. The van der Waals surface area contributed by atoms with Gasteiger partial charge < -0.3 is 4.52 Å². The molecule has 0 aliphatic heterocycles. The third kappa shape index (κ3) is 0.808. The van der Waals surface area contributed by atoms with Crippen molar-refractivity contribution in [3.8, 4) is 0 Å². The monoisotopic (exact) mass is 151 g/mol. The minimum atomic E-state index is -0.222. The van der Waals surface area contributed by atoms with E-state index in [1.54, 1.807) is 13.0 Å². The molecule has 0 spiro atoms. The van der Waals surface area contributed by atoms with E-state index in [1.165, 1.54) is 12.3 Å². The van der Waals surface area contributed by atoms with Gasteiger partial charge in [-0.05, 0) is 24.6 Å². The molecule has 1 aromatic heterocycles. The van der Waals surface area contributed by atoms with Gasteiger partial charge in [-0.3, -0.25) is 0 Å². The van der Waals surface area contributed by atoms with Crippen molar-refractivity contribution < 1.29 is 8.91 Å². The highest BCUT2D eigenvalue weighted by Crippen LogP contribution is 2.19. The first-order chi connectivity index (χ1) is 5.29. The van der Waals surface area contributed by atoms with E-state index in [9.17, 15) is 4.39 Å². The van der Waals surface area contributed by atoms with Crippen LogP contribution in [0.5, 0.6) is 0 Å². The SMILES string of the molecule is Cc1c(F)ccc2oncc12. The van der Waals surface area contributed by atoms with Gasteiger partial charge in [0.2, 0.25) is 0 Å². The summed E-state index contributed by atoms with van der Waals surface area (Å²) in [6.07, 6.45) is 1.52. The summed E-state index contributed by atoms with van der Waals surface area (Å²) in [6.45, 7) is 1.70. The number of aromatic nitrogens is 1. The van der Waals surface area contributed by atoms with Crippen molar-refractivity contribution >= 4 is 11.0 Å². The standard InChI is InChI=1S/C8H6FNO/c1-5-6-4-10-11-8(6)3-2-7(5)9/h2-4H,1H3. The van der Waals surface area contributed by atoms with Crippen molar-refractivity contribution in [1.29, 1.82) is 0 Å². The van der Waals surface area contributed by atoms with Gasteiger partial charge in [0.25, 0.3) is 0 Å². The lowest BCUT2D eigenvalue weighted by Crippen LogP contribution is -1.80. The van der Waals surface area contributed by atoms with Gasteiger partial charge in [-0.2, -0.15) is 0 Å². The van der Waals surface area contributed by atoms with E-state index in [-0.39, 0.29) is 5.82 Å². The molecule has 2 nitrogen and oxygen atoms in total. The molecule has 11 heavy (non-hydrogen) atoms. The van der Waals surface area contributed by atoms with E-state index >= 15 is 0 Å². The van der Waals surface area contributed by atoms with Crippen molar-refractivity contribution in [2.45, 2.75) is 6.92 Å². The van der Waals surface area contributed by atoms with Crippen LogP contribution in [0.25, 0.3) is 11.0 Å². The zero-order valence-electron chi connectivity index (χ0n) is 5.97. The number of aryl methyl sites for hydroxylation is 1. The summed E-state index contributed by atoms with van der Waals surface area (Å²) in [4.78, 5) is 0. The summed E-state index contributed by atoms with van der Waals surface area (Å²) in [5.41, 5.74) is 1.22. The predicted octanol–water partition coefficient (Wildman–Crippen LogP) is 2.28. The number of fused-ring (bicyclic) bond motifs is 1. The van der Waals surface area contributed by atoms with E-state index in [4.69, 9.17) is 4.52 Å². The van der Waals surface area contributed by atoms with Crippen LogP contribution >= 0.6 is 0 Å². The molecule has 0 amide bonds. The van der Waals surface area contributed by atoms with Crippen LogP contribution < -0.4 is 0 Å². The Kier molecular flexibility index (Phi) is 1.18. The maximum absolute atomic E-state index is 12.9. The first-order valence-electron chi connectivity index (χ1n) is 3.28. The van der Waals surface area contributed by atoms with Crippen LogP contribution in [0.2, 0.25) is 0 Å². The number of benzene rings is 1. The van der Waals surface area contributed by atoms with Crippen molar-refractivity contribution in [2.24, 2.45) is 0 Å². The molecule has 3 heteroatoms. The molecule has 2 aromatic rings. The molecule has 1 aromatic carbocycles. The second kappa shape index (κ2) is 2.05. The normalized spacial score (nSPS) is 10.7. The van der Waals surface area contributed by atoms with Crippen LogP contribution in [0.15, 0.2) is 22.9 Å².